The summed E-state index contributed by atoms with van der Waals surface area (Å²) in [5, 5.41) is -0.156. The largest absolute Gasteiger partial charge is 0.425 e. The zero-order valence-corrected chi connectivity index (χ0v) is 7.39. The molecule has 0 bridgehead atoms. The standard InChI is InChI=1S/C8H4Cl2O2/c9-4-1-2-6-5(3-4)7(10)8(11)12-6/h1-3,7H/t7-/m0/s1. The third-order valence-electron chi connectivity index (χ3n) is 1.66. The molecule has 1 aromatic carbocycles. The lowest BCUT2D eigenvalue weighted by molar-refractivity contribution is -0.132. The van der Waals surface area contributed by atoms with Crippen LogP contribution in [0.25, 0.3) is 0 Å². The van der Waals surface area contributed by atoms with Crippen LogP contribution in [-0.2, 0) is 4.79 Å². The molecule has 0 aromatic heterocycles. The van der Waals surface area contributed by atoms with Crippen LogP contribution in [0.5, 0.6) is 5.75 Å². The van der Waals surface area contributed by atoms with Gasteiger partial charge in [0.15, 0.2) is 5.38 Å². The SMILES string of the molecule is O=C1Oc2ccc(Cl)cc2[C@@H]1Cl. The molecule has 4 heteroatoms. The average molecular weight is 203 g/mol. The Hall–Kier alpha value is -0.730. The molecule has 1 aromatic rings. The van der Waals surface area contributed by atoms with Crippen LogP contribution in [0.1, 0.15) is 10.9 Å². The van der Waals surface area contributed by atoms with Gasteiger partial charge in [-0.05, 0) is 18.2 Å². The van der Waals surface area contributed by atoms with Crippen molar-refractivity contribution in [3.05, 3.63) is 28.8 Å². The van der Waals surface area contributed by atoms with E-state index in [0.29, 0.717) is 16.3 Å². The molecule has 1 atom stereocenters. The number of hydrogen-bond acceptors (Lipinski definition) is 2. The summed E-state index contributed by atoms with van der Waals surface area (Å²) in [5.41, 5.74) is 0.647. The van der Waals surface area contributed by atoms with Gasteiger partial charge in [0.25, 0.3) is 0 Å². The van der Waals surface area contributed by atoms with Crippen molar-refractivity contribution in [2.75, 3.05) is 0 Å². The molecule has 0 saturated heterocycles. The molecule has 12 heavy (non-hydrogen) atoms. The van der Waals surface area contributed by atoms with Crippen LogP contribution in [0.2, 0.25) is 5.02 Å². The first kappa shape index (κ1) is 7.90. The maximum absolute atomic E-state index is 10.9. The lowest BCUT2D eigenvalue weighted by atomic mass is 10.2. The zero-order valence-electron chi connectivity index (χ0n) is 5.88. The summed E-state index contributed by atoms with van der Waals surface area (Å²) >= 11 is 11.4. The van der Waals surface area contributed by atoms with Gasteiger partial charge in [0.1, 0.15) is 5.75 Å². The Kier molecular flexibility index (Phi) is 1.74. The van der Waals surface area contributed by atoms with Gasteiger partial charge in [0.05, 0.1) is 0 Å². The molecule has 0 N–H and O–H groups in total. The lowest BCUT2D eigenvalue weighted by Crippen LogP contribution is -2.03. The predicted octanol–water partition coefficient (Wildman–Crippen LogP) is 2.54. The second-order valence-electron chi connectivity index (χ2n) is 2.47. The highest BCUT2D eigenvalue weighted by Gasteiger charge is 2.31. The van der Waals surface area contributed by atoms with E-state index in [1.165, 1.54) is 0 Å². The number of halogens is 2. The second-order valence-corrected chi connectivity index (χ2v) is 3.34. The molecule has 0 aliphatic carbocycles. The van der Waals surface area contributed by atoms with E-state index in [0.717, 1.165) is 0 Å². The normalized spacial score (nSPS) is 20.5. The van der Waals surface area contributed by atoms with Crippen LogP contribution in [-0.4, -0.2) is 5.97 Å². The van der Waals surface area contributed by atoms with Gasteiger partial charge in [-0.25, -0.2) is 4.79 Å². The van der Waals surface area contributed by atoms with E-state index in [1.807, 2.05) is 0 Å². The number of benzene rings is 1. The Labute approximate surface area is 79.0 Å². The molecule has 62 valence electrons. The summed E-state index contributed by atoms with van der Waals surface area (Å²) in [6.07, 6.45) is 0. The summed E-state index contributed by atoms with van der Waals surface area (Å²) in [5.74, 6) is 0.0679. The molecule has 2 rings (SSSR count). The molecule has 0 saturated carbocycles. The molecule has 1 aliphatic heterocycles. The summed E-state index contributed by atoms with van der Waals surface area (Å²) in [6.45, 7) is 0. The Bertz CT molecular complexity index is 349. The van der Waals surface area contributed by atoms with E-state index in [2.05, 4.69) is 0 Å². The van der Waals surface area contributed by atoms with Crippen LogP contribution in [0, 0.1) is 0 Å². The van der Waals surface area contributed by atoms with E-state index in [-0.39, 0.29) is 0 Å². The fourth-order valence-corrected chi connectivity index (χ4v) is 1.49. The Morgan fingerprint density at radius 1 is 1.42 bits per heavy atom. The van der Waals surface area contributed by atoms with E-state index in [9.17, 15) is 4.79 Å². The Balaban J connectivity index is 2.55. The highest BCUT2D eigenvalue weighted by atomic mass is 35.5. The van der Waals surface area contributed by atoms with E-state index in [4.69, 9.17) is 27.9 Å². The second kappa shape index (κ2) is 2.64. The third-order valence-corrected chi connectivity index (χ3v) is 2.31. The summed E-state index contributed by atoms with van der Waals surface area (Å²) in [6, 6.07) is 4.93. The molecule has 0 spiro atoms. The molecule has 1 heterocycles. The number of hydrogen-bond donors (Lipinski definition) is 0. The van der Waals surface area contributed by atoms with Crippen molar-refractivity contribution < 1.29 is 9.53 Å². The lowest BCUT2D eigenvalue weighted by Gasteiger charge is -1.96. The highest BCUT2D eigenvalue weighted by molar-refractivity contribution is 6.33. The number of carbonyl (C=O) groups excluding carboxylic acids is 1. The Morgan fingerprint density at radius 2 is 2.17 bits per heavy atom. The minimum absolute atomic E-state index is 0.436. The average Bonchev–Trinajstić information content (AvgIpc) is 2.31. The summed E-state index contributed by atoms with van der Waals surface area (Å²) in [4.78, 5) is 10.9. The number of fused-ring (bicyclic) bond motifs is 1. The predicted molar refractivity (Wildman–Crippen MR) is 45.7 cm³/mol. The van der Waals surface area contributed by atoms with Crippen LogP contribution in [0.15, 0.2) is 18.2 Å². The highest BCUT2D eigenvalue weighted by Crippen LogP contribution is 2.38. The fraction of sp³-hybridized carbons (Fsp3) is 0.125. The van der Waals surface area contributed by atoms with Crippen molar-refractivity contribution in [3.63, 3.8) is 0 Å². The van der Waals surface area contributed by atoms with Crippen molar-refractivity contribution in [2.24, 2.45) is 0 Å². The summed E-state index contributed by atoms with van der Waals surface area (Å²) in [7, 11) is 0. The molecule has 0 fully saturated rings. The number of alkyl halides is 1. The topological polar surface area (TPSA) is 26.3 Å². The van der Waals surface area contributed by atoms with Gasteiger partial charge in [0.2, 0.25) is 0 Å². The Morgan fingerprint density at radius 3 is 2.92 bits per heavy atom. The molecule has 0 unspecified atom stereocenters. The van der Waals surface area contributed by atoms with Gasteiger partial charge in [-0.2, -0.15) is 0 Å². The molecule has 1 aliphatic rings. The van der Waals surface area contributed by atoms with Crippen molar-refractivity contribution in [1.29, 1.82) is 0 Å². The number of rotatable bonds is 0. The van der Waals surface area contributed by atoms with Crippen LogP contribution in [0.3, 0.4) is 0 Å². The van der Waals surface area contributed by atoms with Crippen molar-refractivity contribution in [2.45, 2.75) is 5.38 Å². The minimum atomic E-state index is -0.710. The van der Waals surface area contributed by atoms with Gasteiger partial charge in [-0.3, -0.25) is 0 Å². The van der Waals surface area contributed by atoms with E-state index >= 15 is 0 Å². The van der Waals surface area contributed by atoms with Crippen LogP contribution in [0.4, 0.5) is 0 Å². The fourth-order valence-electron chi connectivity index (χ4n) is 1.10. The van der Waals surface area contributed by atoms with Gasteiger partial charge in [0, 0.05) is 10.6 Å². The van der Waals surface area contributed by atoms with Crippen molar-refractivity contribution in [3.8, 4) is 5.75 Å². The van der Waals surface area contributed by atoms with Crippen LogP contribution >= 0.6 is 23.2 Å². The van der Waals surface area contributed by atoms with Gasteiger partial charge in [-0.15, -0.1) is 11.6 Å². The number of ether oxygens (including phenoxy) is 1. The maximum Gasteiger partial charge on any atom is 0.334 e. The first-order valence-electron chi connectivity index (χ1n) is 3.33. The quantitative estimate of drug-likeness (QED) is 0.368. The molecule has 0 amide bonds. The monoisotopic (exact) mass is 202 g/mol. The van der Waals surface area contributed by atoms with E-state index < -0.39 is 11.3 Å². The van der Waals surface area contributed by atoms with Crippen molar-refractivity contribution >= 4 is 29.2 Å². The molecular formula is C8H4Cl2O2. The summed E-state index contributed by atoms with van der Waals surface area (Å²) < 4.78 is 4.84. The number of esters is 1. The first-order valence-corrected chi connectivity index (χ1v) is 4.15. The number of carbonyl (C=O) groups is 1. The molecule has 2 nitrogen and oxygen atoms in total. The molecule has 0 radical (unpaired) electrons. The van der Waals surface area contributed by atoms with E-state index in [1.54, 1.807) is 18.2 Å². The van der Waals surface area contributed by atoms with Gasteiger partial charge >= 0.3 is 5.97 Å². The smallest absolute Gasteiger partial charge is 0.334 e. The van der Waals surface area contributed by atoms with Crippen LogP contribution < -0.4 is 4.74 Å². The molecular weight excluding hydrogens is 199 g/mol. The first-order chi connectivity index (χ1) is 5.68. The van der Waals surface area contributed by atoms with Crippen molar-refractivity contribution in [1.82, 2.24) is 0 Å². The maximum atomic E-state index is 10.9. The zero-order chi connectivity index (χ0) is 8.72. The van der Waals surface area contributed by atoms with Gasteiger partial charge in [-0.1, -0.05) is 11.6 Å². The third kappa shape index (κ3) is 1.08. The van der Waals surface area contributed by atoms with Gasteiger partial charge < -0.3 is 4.74 Å². The minimum Gasteiger partial charge on any atom is -0.425 e.